The maximum Gasteiger partial charge on any atom is 0.409 e. The molecule has 0 bridgehead atoms. The smallest absolute Gasteiger partial charge is 0.409 e. The number of aliphatic hydroxyl groups is 1. The highest BCUT2D eigenvalue weighted by Gasteiger charge is 2.27. The summed E-state index contributed by atoms with van der Waals surface area (Å²) in [5.41, 5.74) is 0.845. The third-order valence-electron chi connectivity index (χ3n) is 3.17. The zero-order valence-electron chi connectivity index (χ0n) is 14.3. The molecule has 0 unspecified atom stereocenters. The first-order valence-corrected chi connectivity index (χ1v) is 8.04. The summed E-state index contributed by atoms with van der Waals surface area (Å²) < 4.78 is 15.8. The van der Waals surface area contributed by atoms with E-state index in [1.807, 2.05) is 30.3 Å². The van der Waals surface area contributed by atoms with Gasteiger partial charge in [-0.25, -0.2) is 4.79 Å². The van der Waals surface area contributed by atoms with Crippen molar-refractivity contribution in [1.82, 2.24) is 5.32 Å². The van der Waals surface area contributed by atoms with Gasteiger partial charge in [0.1, 0.15) is 12.7 Å². The Morgan fingerprint density at radius 2 is 2.04 bits per heavy atom. The topological polar surface area (TPSA) is 94.1 Å². The van der Waals surface area contributed by atoms with E-state index in [2.05, 4.69) is 11.9 Å². The minimum Gasteiger partial charge on any atom is -0.458 e. The molecule has 7 nitrogen and oxygen atoms in total. The van der Waals surface area contributed by atoms with Crippen LogP contribution in [0.4, 0.5) is 4.79 Å². The van der Waals surface area contributed by atoms with E-state index in [0.29, 0.717) is 12.8 Å². The number of benzene rings is 1. The van der Waals surface area contributed by atoms with Crippen LogP contribution >= 0.6 is 0 Å². The van der Waals surface area contributed by atoms with E-state index in [1.54, 1.807) is 0 Å². The Balaban J connectivity index is 2.65. The molecule has 0 aliphatic rings. The van der Waals surface area contributed by atoms with Crippen molar-refractivity contribution in [1.29, 1.82) is 0 Å². The van der Waals surface area contributed by atoms with Crippen LogP contribution in [0, 0.1) is 0 Å². The molecule has 138 valence electrons. The third-order valence-corrected chi connectivity index (χ3v) is 3.17. The van der Waals surface area contributed by atoms with Crippen molar-refractivity contribution in [3.05, 3.63) is 48.6 Å². The standard InChI is InChI=1S/C18H25NO6/c1-3-12-23-17(16(10-7-11-20)25-14(2)21)19-18(22)24-13-15-8-5-4-6-9-15/h3-6,8-9,16-17,20H,1,7,10-13H2,2H3,(H,19,22)/t16-,17+/m0/s1. The van der Waals surface area contributed by atoms with Crippen molar-refractivity contribution in [3.63, 3.8) is 0 Å². The maximum absolute atomic E-state index is 12.0. The maximum atomic E-state index is 12.0. The zero-order valence-corrected chi connectivity index (χ0v) is 14.3. The quantitative estimate of drug-likeness (QED) is 0.360. The van der Waals surface area contributed by atoms with Crippen LogP contribution < -0.4 is 5.32 Å². The summed E-state index contributed by atoms with van der Waals surface area (Å²) in [7, 11) is 0. The van der Waals surface area contributed by atoms with Crippen LogP contribution in [0.25, 0.3) is 0 Å². The van der Waals surface area contributed by atoms with Gasteiger partial charge in [-0.1, -0.05) is 36.4 Å². The van der Waals surface area contributed by atoms with E-state index in [-0.39, 0.29) is 19.8 Å². The zero-order chi connectivity index (χ0) is 18.5. The lowest BCUT2D eigenvalue weighted by Crippen LogP contribution is -2.47. The predicted octanol–water partition coefficient (Wildman–Crippen LogP) is 2.15. The molecule has 0 aliphatic carbocycles. The van der Waals surface area contributed by atoms with E-state index in [0.717, 1.165) is 5.56 Å². The third kappa shape index (κ3) is 8.88. The number of carbonyl (C=O) groups is 2. The Bertz CT molecular complexity index is 534. The van der Waals surface area contributed by atoms with Gasteiger partial charge in [0.05, 0.1) is 6.61 Å². The van der Waals surface area contributed by atoms with Crippen LogP contribution in [0.15, 0.2) is 43.0 Å². The van der Waals surface area contributed by atoms with E-state index >= 15 is 0 Å². The summed E-state index contributed by atoms with van der Waals surface area (Å²) in [4.78, 5) is 23.3. The summed E-state index contributed by atoms with van der Waals surface area (Å²) in [6.45, 7) is 5.02. The van der Waals surface area contributed by atoms with E-state index in [4.69, 9.17) is 19.3 Å². The largest absolute Gasteiger partial charge is 0.458 e. The SMILES string of the molecule is C=CCO[C@@H](NC(=O)OCc1ccccc1)[C@H](CCCO)OC(C)=O. The molecular formula is C18H25NO6. The second-order valence-electron chi connectivity index (χ2n) is 5.26. The number of rotatable bonds is 11. The normalized spacial score (nSPS) is 12.7. The molecule has 1 amide bonds. The molecule has 0 saturated carbocycles. The Morgan fingerprint density at radius 3 is 2.64 bits per heavy atom. The molecule has 0 fully saturated rings. The number of amides is 1. The average Bonchev–Trinajstić information content (AvgIpc) is 2.61. The molecule has 0 spiro atoms. The number of esters is 1. The van der Waals surface area contributed by atoms with E-state index in [9.17, 15) is 9.59 Å². The van der Waals surface area contributed by atoms with E-state index < -0.39 is 24.4 Å². The number of aliphatic hydroxyl groups excluding tert-OH is 1. The minimum atomic E-state index is -0.906. The molecule has 1 aromatic carbocycles. The molecule has 7 heteroatoms. The van der Waals surface area contributed by atoms with Crippen molar-refractivity contribution in [2.45, 2.75) is 38.7 Å². The first-order chi connectivity index (χ1) is 12.1. The lowest BCUT2D eigenvalue weighted by molar-refractivity contribution is -0.157. The summed E-state index contributed by atoms with van der Waals surface area (Å²) in [5, 5.41) is 11.5. The van der Waals surface area contributed by atoms with Gasteiger partial charge < -0.3 is 19.3 Å². The molecule has 1 aromatic rings. The van der Waals surface area contributed by atoms with Crippen LogP contribution in [0.5, 0.6) is 0 Å². The molecule has 2 N–H and O–H groups in total. The Morgan fingerprint density at radius 1 is 1.32 bits per heavy atom. The minimum absolute atomic E-state index is 0.0651. The Hall–Kier alpha value is -2.38. The molecule has 0 saturated heterocycles. The van der Waals surface area contributed by atoms with Gasteiger partial charge in [0, 0.05) is 13.5 Å². The number of alkyl carbamates (subject to hydrolysis) is 1. The number of hydrogen-bond acceptors (Lipinski definition) is 6. The fourth-order valence-corrected chi connectivity index (χ4v) is 2.07. The van der Waals surface area contributed by atoms with Crippen molar-refractivity contribution in [2.24, 2.45) is 0 Å². The number of ether oxygens (including phenoxy) is 3. The molecular weight excluding hydrogens is 326 g/mol. The van der Waals surface area contributed by atoms with Gasteiger partial charge >= 0.3 is 12.1 Å². The van der Waals surface area contributed by atoms with Crippen molar-refractivity contribution in [2.75, 3.05) is 13.2 Å². The van der Waals surface area contributed by atoms with Gasteiger partial charge in [-0.05, 0) is 18.4 Å². The van der Waals surface area contributed by atoms with Crippen LogP contribution in [0.1, 0.15) is 25.3 Å². The number of hydrogen-bond donors (Lipinski definition) is 2. The van der Waals surface area contributed by atoms with E-state index in [1.165, 1.54) is 13.0 Å². The average molecular weight is 351 g/mol. The highest BCUT2D eigenvalue weighted by Crippen LogP contribution is 2.11. The molecule has 0 aromatic heterocycles. The highest BCUT2D eigenvalue weighted by atomic mass is 16.6. The van der Waals surface area contributed by atoms with Gasteiger partial charge in [-0.3, -0.25) is 10.1 Å². The molecule has 1 rings (SSSR count). The van der Waals surface area contributed by atoms with Crippen molar-refractivity contribution in [3.8, 4) is 0 Å². The van der Waals surface area contributed by atoms with Gasteiger partial charge in [-0.15, -0.1) is 6.58 Å². The van der Waals surface area contributed by atoms with Gasteiger partial charge in [0.15, 0.2) is 6.23 Å². The molecule has 0 aliphatic heterocycles. The van der Waals surface area contributed by atoms with Crippen molar-refractivity contribution >= 4 is 12.1 Å². The second kappa shape index (κ2) is 12.0. The fraction of sp³-hybridized carbons (Fsp3) is 0.444. The first kappa shape index (κ1) is 20.7. The van der Waals surface area contributed by atoms with Crippen molar-refractivity contribution < 1.29 is 28.9 Å². The summed E-state index contributed by atoms with van der Waals surface area (Å²) in [6.07, 6.45) is -0.102. The van der Waals surface area contributed by atoms with Crippen LogP contribution in [-0.4, -0.2) is 42.7 Å². The van der Waals surface area contributed by atoms with Gasteiger partial charge in [0.2, 0.25) is 0 Å². The predicted molar refractivity (Wildman–Crippen MR) is 91.6 cm³/mol. The molecule has 25 heavy (non-hydrogen) atoms. The lowest BCUT2D eigenvalue weighted by atomic mass is 10.1. The first-order valence-electron chi connectivity index (χ1n) is 8.04. The second-order valence-corrected chi connectivity index (χ2v) is 5.26. The summed E-state index contributed by atoms with van der Waals surface area (Å²) >= 11 is 0. The molecule has 0 radical (unpaired) electrons. The molecule has 0 heterocycles. The number of nitrogens with one attached hydrogen (secondary N) is 1. The Labute approximate surface area is 147 Å². The van der Waals surface area contributed by atoms with Crippen LogP contribution in [0.2, 0.25) is 0 Å². The van der Waals surface area contributed by atoms with Crippen LogP contribution in [-0.2, 0) is 25.6 Å². The van der Waals surface area contributed by atoms with Crippen LogP contribution in [0.3, 0.4) is 0 Å². The monoisotopic (exact) mass is 351 g/mol. The summed E-state index contributed by atoms with van der Waals surface area (Å²) in [6, 6.07) is 9.23. The number of carbonyl (C=O) groups excluding carboxylic acids is 2. The summed E-state index contributed by atoms with van der Waals surface area (Å²) in [5.74, 6) is -0.505. The fourth-order valence-electron chi connectivity index (χ4n) is 2.07. The molecule has 2 atom stereocenters. The Kier molecular flexibility index (Phi) is 9.96. The highest BCUT2D eigenvalue weighted by molar-refractivity contribution is 5.68. The van der Waals surface area contributed by atoms with Gasteiger partial charge in [-0.2, -0.15) is 0 Å². The lowest BCUT2D eigenvalue weighted by Gasteiger charge is -2.27. The van der Waals surface area contributed by atoms with Gasteiger partial charge in [0.25, 0.3) is 0 Å².